The summed E-state index contributed by atoms with van der Waals surface area (Å²) < 4.78 is 0. The molecule has 1 fully saturated rings. The molecule has 0 unspecified atom stereocenters. The molecule has 8 heteroatoms. The third-order valence-corrected chi connectivity index (χ3v) is 4.30. The molecule has 3 rings (SSSR count). The molecule has 1 aliphatic heterocycles. The molecule has 138 valence electrons. The molecule has 0 aromatic carbocycles. The Labute approximate surface area is 153 Å². The summed E-state index contributed by atoms with van der Waals surface area (Å²) in [5.41, 5.74) is 0.347. The van der Waals surface area contributed by atoms with E-state index >= 15 is 0 Å². The molecular weight excluding hydrogens is 330 g/mol. The van der Waals surface area contributed by atoms with Crippen LogP contribution in [0.4, 0.5) is 11.6 Å². The number of piperazine rings is 1. The SMILES string of the molecule is CN(C)CCNC(=O)c1ccc(N2CCN(c3ccccn3)CC2)nn1. The molecular formula is C18H25N7O. The van der Waals surface area contributed by atoms with Gasteiger partial charge in [0.2, 0.25) is 0 Å². The Morgan fingerprint density at radius 1 is 1.04 bits per heavy atom. The van der Waals surface area contributed by atoms with E-state index in [1.807, 2.05) is 49.5 Å². The molecule has 0 spiro atoms. The van der Waals surface area contributed by atoms with Crippen LogP contribution in [0, 0.1) is 0 Å². The molecule has 8 nitrogen and oxygen atoms in total. The molecule has 0 saturated carbocycles. The normalized spacial score (nSPS) is 14.6. The van der Waals surface area contributed by atoms with Gasteiger partial charge in [0.15, 0.2) is 11.5 Å². The van der Waals surface area contributed by atoms with Gasteiger partial charge in [0.1, 0.15) is 5.82 Å². The summed E-state index contributed by atoms with van der Waals surface area (Å²) >= 11 is 0. The molecule has 2 aromatic heterocycles. The maximum atomic E-state index is 12.1. The van der Waals surface area contributed by atoms with Gasteiger partial charge in [-0.15, -0.1) is 10.2 Å². The smallest absolute Gasteiger partial charge is 0.271 e. The number of carbonyl (C=O) groups excluding carboxylic acids is 1. The number of likely N-dealkylation sites (N-methyl/N-ethyl adjacent to an activating group) is 1. The molecule has 0 aliphatic carbocycles. The summed E-state index contributed by atoms with van der Waals surface area (Å²) in [5, 5.41) is 11.2. The van der Waals surface area contributed by atoms with Gasteiger partial charge in [0.25, 0.3) is 5.91 Å². The van der Waals surface area contributed by atoms with Crippen LogP contribution in [0.15, 0.2) is 36.5 Å². The van der Waals surface area contributed by atoms with Gasteiger partial charge in [0.05, 0.1) is 0 Å². The average Bonchev–Trinajstić information content (AvgIpc) is 2.68. The summed E-state index contributed by atoms with van der Waals surface area (Å²) in [6.07, 6.45) is 1.81. The molecule has 1 saturated heterocycles. The number of hydrogen-bond donors (Lipinski definition) is 1. The molecule has 0 radical (unpaired) electrons. The largest absolute Gasteiger partial charge is 0.353 e. The zero-order chi connectivity index (χ0) is 18.4. The van der Waals surface area contributed by atoms with Crippen molar-refractivity contribution < 1.29 is 4.79 Å². The second-order valence-corrected chi connectivity index (χ2v) is 6.50. The Morgan fingerprint density at radius 3 is 2.35 bits per heavy atom. The van der Waals surface area contributed by atoms with Crippen LogP contribution in [0.25, 0.3) is 0 Å². The van der Waals surface area contributed by atoms with Gasteiger partial charge < -0.3 is 20.0 Å². The number of anilines is 2. The summed E-state index contributed by atoms with van der Waals surface area (Å²) in [6.45, 7) is 4.83. The van der Waals surface area contributed by atoms with Crippen LogP contribution in [-0.4, -0.2) is 79.4 Å². The zero-order valence-electron chi connectivity index (χ0n) is 15.3. The second kappa shape index (κ2) is 8.57. The lowest BCUT2D eigenvalue weighted by Gasteiger charge is -2.35. The van der Waals surface area contributed by atoms with E-state index in [4.69, 9.17) is 0 Å². The summed E-state index contributed by atoms with van der Waals surface area (Å²) in [6, 6.07) is 9.55. The van der Waals surface area contributed by atoms with Gasteiger partial charge in [-0.05, 0) is 38.4 Å². The predicted molar refractivity (Wildman–Crippen MR) is 102 cm³/mol. The number of amides is 1. The lowest BCUT2D eigenvalue weighted by molar-refractivity contribution is 0.0945. The van der Waals surface area contributed by atoms with Gasteiger partial charge in [-0.25, -0.2) is 4.98 Å². The maximum Gasteiger partial charge on any atom is 0.271 e. The third-order valence-electron chi connectivity index (χ3n) is 4.30. The van der Waals surface area contributed by atoms with Crippen molar-refractivity contribution in [2.24, 2.45) is 0 Å². The number of rotatable bonds is 6. The Bertz CT molecular complexity index is 697. The predicted octanol–water partition coefficient (Wildman–Crippen LogP) is 0.490. The topological polar surface area (TPSA) is 77.5 Å². The summed E-state index contributed by atoms with van der Waals surface area (Å²) in [5.74, 6) is 1.62. The summed E-state index contributed by atoms with van der Waals surface area (Å²) in [7, 11) is 3.93. The van der Waals surface area contributed by atoms with Gasteiger partial charge in [0, 0.05) is 45.5 Å². The minimum Gasteiger partial charge on any atom is -0.353 e. The monoisotopic (exact) mass is 355 g/mol. The highest BCUT2D eigenvalue weighted by atomic mass is 16.1. The minimum atomic E-state index is -0.189. The zero-order valence-corrected chi connectivity index (χ0v) is 15.3. The van der Waals surface area contributed by atoms with Crippen LogP contribution in [0.1, 0.15) is 10.5 Å². The van der Waals surface area contributed by atoms with E-state index in [-0.39, 0.29) is 5.91 Å². The molecule has 3 heterocycles. The fraction of sp³-hybridized carbons (Fsp3) is 0.444. The van der Waals surface area contributed by atoms with E-state index in [0.29, 0.717) is 12.2 Å². The molecule has 0 atom stereocenters. The number of nitrogens with zero attached hydrogens (tertiary/aromatic N) is 6. The summed E-state index contributed by atoms with van der Waals surface area (Å²) in [4.78, 5) is 22.9. The number of hydrogen-bond acceptors (Lipinski definition) is 7. The standard InChI is InChI=1S/C18H25N7O/c1-23(2)10-9-20-18(26)15-6-7-17(22-21-15)25-13-11-24(12-14-25)16-5-3-4-8-19-16/h3-8H,9-14H2,1-2H3,(H,20,26). The average molecular weight is 355 g/mol. The Balaban J connectivity index is 1.52. The van der Waals surface area contributed by atoms with E-state index in [9.17, 15) is 4.79 Å². The van der Waals surface area contributed by atoms with Crippen LogP contribution < -0.4 is 15.1 Å². The van der Waals surface area contributed by atoms with Crippen LogP contribution in [0.3, 0.4) is 0 Å². The van der Waals surface area contributed by atoms with Crippen molar-refractivity contribution in [2.75, 3.05) is 63.2 Å². The highest BCUT2D eigenvalue weighted by Crippen LogP contribution is 2.16. The first-order valence-corrected chi connectivity index (χ1v) is 8.81. The van der Waals surface area contributed by atoms with Crippen LogP contribution in [-0.2, 0) is 0 Å². The Hall–Kier alpha value is -2.74. The van der Waals surface area contributed by atoms with Crippen molar-refractivity contribution in [3.63, 3.8) is 0 Å². The van der Waals surface area contributed by atoms with Crippen LogP contribution >= 0.6 is 0 Å². The number of carbonyl (C=O) groups is 1. The van der Waals surface area contributed by atoms with Crippen LogP contribution in [0.5, 0.6) is 0 Å². The van der Waals surface area contributed by atoms with Crippen LogP contribution in [0.2, 0.25) is 0 Å². The number of pyridine rings is 1. The maximum absolute atomic E-state index is 12.1. The van der Waals surface area contributed by atoms with Gasteiger partial charge >= 0.3 is 0 Å². The lowest BCUT2D eigenvalue weighted by Crippen LogP contribution is -2.47. The molecule has 0 bridgehead atoms. The highest BCUT2D eigenvalue weighted by Gasteiger charge is 2.19. The first kappa shape index (κ1) is 18.1. The van der Waals surface area contributed by atoms with Gasteiger partial charge in [-0.3, -0.25) is 4.79 Å². The second-order valence-electron chi connectivity index (χ2n) is 6.50. The van der Waals surface area contributed by atoms with E-state index in [1.165, 1.54) is 0 Å². The van der Waals surface area contributed by atoms with Gasteiger partial charge in [-0.1, -0.05) is 6.07 Å². The number of nitrogens with one attached hydrogen (secondary N) is 1. The molecule has 1 aliphatic rings. The fourth-order valence-corrected chi connectivity index (χ4v) is 2.80. The van der Waals surface area contributed by atoms with E-state index in [1.54, 1.807) is 6.07 Å². The van der Waals surface area contributed by atoms with E-state index in [0.717, 1.165) is 44.4 Å². The minimum absolute atomic E-state index is 0.189. The van der Waals surface area contributed by atoms with Crippen molar-refractivity contribution in [3.05, 3.63) is 42.2 Å². The third kappa shape index (κ3) is 4.66. The molecule has 1 amide bonds. The molecule has 1 N–H and O–H groups in total. The first-order valence-electron chi connectivity index (χ1n) is 8.81. The van der Waals surface area contributed by atoms with Crippen molar-refractivity contribution in [1.82, 2.24) is 25.4 Å². The molecule has 26 heavy (non-hydrogen) atoms. The van der Waals surface area contributed by atoms with Gasteiger partial charge in [-0.2, -0.15) is 0 Å². The molecule has 2 aromatic rings. The Morgan fingerprint density at radius 2 is 1.77 bits per heavy atom. The van der Waals surface area contributed by atoms with Crippen molar-refractivity contribution in [1.29, 1.82) is 0 Å². The van der Waals surface area contributed by atoms with Crippen molar-refractivity contribution in [2.45, 2.75) is 0 Å². The van der Waals surface area contributed by atoms with E-state index < -0.39 is 0 Å². The van der Waals surface area contributed by atoms with Crippen molar-refractivity contribution in [3.8, 4) is 0 Å². The lowest BCUT2D eigenvalue weighted by atomic mass is 10.3. The van der Waals surface area contributed by atoms with Crippen molar-refractivity contribution >= 4 is 17.5 Å². The highest BCUT2D eigenvalue weighted by molar-refractivity contribution is 5.92. The quantitative estimate of drug-likeness (QED) is 0.808. The first-order chi connectivity index (χ1) is 12.6. The Kier molecular flexibility index (Phi) is 5.96. The number of aromatic nitrogens is 3. The fourth-order valence-electron chi connectivity index (χ4n) is 2.80. The van der Waals surface area contributed by atoms with E-state index in [2.05, 4.69) is 30.3 Å².